The van der Waals surface area contributed by atoms with Crippen molar-refractivity contribution < 1.29 is 4.79 Å². The molecule has 1 fully saturated rings. The van der Waals surface area contributed by atoms with Gasteiger partial charge < -0.3 is 15.5 Å². The maximum Gasteiger partial charge on any atom is 0.224 e. The van der Waals surface area contributed by atoms with E-state index in [0.29, 0.717) is 6.54 Å². The van der Waals surface area contributed by atoms with Crippen LogP contribution < -0.4 is 15.5 Å². The van der Waals surface area contributed by atoms with Crippen molar-refractivity contribution in [2.24, 2.45) is 5.92 Å². The summed E-state index contributed by atoms with van der Waals surface area (Å²) in [6.07, 6.45) is 2.08. The van der Waals surface area contributed by atoms with Gasteiger partial charge in [0.05, 0.1) is 5.92 Å². The molecule has 2 N–H and O–H groups in total. The number of fused-ring (bicyclic) bond motifs is 1. The molecule has 1 atom stereocenters. The molecule has 4 rings (SSSR count). The average Bonchev–Trinajstić information content (AvgIpc) is 3.32. The van der Waals surface area contributed by atoms with Gasteiger partial charge in [0.25, 0.3) is 0 Å². The molecule has 0 aliphatic carbocycles. The lowest BCUT2D eigenvalue weighted by molar-refractivity contribution is -0.124. The Bertz CT molecular complexity index is 745. The van der Waals surface area contributed by atoms with Gasteiger partial charge in [0.2, 0.25) is 5.91 Å². The summed E-state index contributed by atoms with van der Waals surface area (Å²) in [5, 5.41) is 6.29. The zero-order valence-electron chi connectivity index (χ0n) is 15.3. The Morgan fingerprint density at radius 3 is 2.56 bits per heavy atom. The topological polar surface area (TPSA) is 44.4 Å². The summed E-state index contributed by atoms with van der Waals surface area (Å²) >= 11 is 0. The van der Waals surface area contributed by atoms with Crippen LogP contribution in [0.25, 0.3) is 0 Å². The number of carbonyl (C=O) groups is 1. The normalized spacial score (nSPS) is 17.6. The van der Waals surface area contributed by atoms with Crippen LogP contribution in [-0.4, -0.2) is 25.5 Å². The van der Waals surface area contributed by atoms with Crippen LogP contribution in [0.15, 0.2) is 48.5 Å². The van der Waals surface area contributed by atoms with Crippen LogP contribution in [0.4, 0.5) is 5.69 Å². The summed E-state index contributed by atoms with van der Waals surface area (Å²) in [4.78, 5) is 14.5. The van der Waals surface area contributed by atoms with Crippen LogP contribution >= 0.6 is 24.8 Å². The predicted molar refractivity (Wildman–Crippen MR) is 115 cm³/mol. The van der Waals surface area contributed by atoms with E-state index in [-0.39, 0.29) is 36.6 Å². The molecule has 1 unspecified atom stereocenters. The number of benzene rings is 2. The first kappa shape index (κ1) is 21.5. The molecule has 2 aromatic carbocycles. The van der Waals surface area contributed by atoms with Crippen molar-refractivity contribution in [2.75, 3.05) is 24.5 Å². The largest absolute Gasteiger partial charge is 0.367 e. The third-order valence-electron chi connectivity index (χ3n) is 5.28. The van der Waals surface area contributed by atoms with Gasteiger partial charge in [-0.2, -0.15) is 0 Å². The van der Waals surface area contributed by atoms with Gasteiger partial charge in [0.15, 0.2) is 0 Å². The molecule has 0 radical (unpaired) electrons. The van der Waals surface area contributed by atoms with E-state index in [1.807, 2.05) is 0 Å². The number of hydrogen-bond acceptors (Lipinski definition) is 3. The third-order valence-corrected chi connectivity index (χ3v) is 5.28. The monoisotopic (exact) mass is 407 g/mol. The first-order valence-corrected chi connectivity index (χ1v) is 9.19. The molecule has 0 spiro atoms. The van der Waals surface area contributed by atoms with Crippen LogP contribution in [0.3, 0.4) is 0 Å². The molecule has 2 heterocycles. The lowest BCUT2D eigenvalue weighted by Crippen LogP contribution is -2.31. The van der Waals surface area contributed by atoms with Crippen LogP contribution in [0.5, 0.6) is 0 Å². The molecule has 27 heavy (non-hydrogen) atoms. The molecule has 6 heteroatoms. The first-order chi connectivity index (χ1) is 12.3. The zero-order chi connectivity index (χ0) is 17.1. The minimum absolute atomic E-state index is 0. The minimum Gasteiger partial charge on any atom is -0.367 e. The maximum atomic E-state index is 12.1. The SMILES string of the molecule is Cl.Cl.O=C(NCc1ccc(CN2CCc3ccccc32)cc1)C1CCNC1. The van der Waals surface area contributed by atoms with E-state index >= 15 is 0 Å². The number of carbonyl (C=O) groups excluding carboxylic acids is 1. The third kappa shape index (κ3) is 5.16. The van der Waals surface area contributed by atoms with Crippen molar-refractivity contribution in [1.29, 1.82) is 0 Å². The molecule has 2 aromatic rings. The van der Waals surface area contributed by atoms with E-state index in [9.17, 15) is 4.79 Å². The number of para-hydroxylation sites is 1. The lowest BCUT2D eigenvalue weighted by Gasteiger charge is -2.19. The van der Waals surface area contributed by atoms with E-state index in [1.165, 1.54) is 16.8 Å². The van der Waals surface area contributed by atoms with Crippen LogP contribution in [0.2, 0.25) is 0 Å². The van der Waals surface area contributed by atoms with Crippen LogP contribution in [-0.2, 0) is 24.3 Å². The fourth-order valence-electron chi connectivity index (χ4n) is 3.77. The van der Waals surface area contributed by atoms with Gasteiger partial charge in [-0.05, 0) is 42.1 Å². The van der Waals surface area contributed by atoms with E-state index in [4.69, 9.17) is 0 Å². The number of anilines is 1. The van der Waals surface area contributed by atoms with Crippen molar-refractivity contribution in [3.63, 3.8) is 0 Å². The fraction of sp³-hybridized carbons (Fsp3) is 0.381. The van der Waals surface area contributed by atoms with Gasteiger partial charge in [0.1, 0.15) is 0 Å². The van der Waals surface area contributed by atoms with Gasteiger partial charge in [-0.1, -0.05) is 42.5 Å². The standard InChI is InChI=1S/C21H25N3O.2ClH/c25-21(19-9-11-22-14-19)23-13-16-5-7-17(8-6-16)15-24-12-10-18-3-1-2-4-20(18)24;;/h1-8,19,22H,9-15H2,(H,23,25);2*1H. The molecular formula is C21H27Cl2N3O. The Balaban J connectivity index is 0.00000131. The van der Waals surface area contributed by atoms with E-state index in [0.717, 1.165) is 44.6 Å². The Morgan fingerprint density at radius 2 is 1.81 bits per heavy atom. The first-order valence-electron chi connectivity index (χ1n) is 9.19. The molecule has 0 saturated carbocycles. The number of amides is 1. The molecule has 2 aliphatic rings. The van der Waals surface area contributed by atoms with E-state index in [1.54, 1.807) is 0 Å². The van der Waals surface area contributed by atoms with E-state index < -0.39 is 0 Å². The second kappa shape index (κ2) is 9.98. The highest BCUT2D eigenvalue weighted by Crippen LogP contribution is 2.28. The molecule has 0 bridgehead atoms. The fourth-order valence-corrected chi connectivity index (χ4v) is 3.77. The summed E-state index contributed by atoms with van der Waals surface area (Å²) in [6, 6.07) is 17.3. The average molecular weight is 408 g/mol. The molecule has 0 aromatic heterocycles. The number of halogens is 2. The number of nitrogens with zero attached hydrogens (tertiary/aromatic N) is 1. The van der Waals surface area contributed by atoms with Gasteiger partial charge in [-0.3, -0.25) is 4.79 Å². The Labute approximate surface area is 173 Å². The second-order valence-electron chi connectivity index (χ2n) is 7.02. The number of nitrogens with one attached hydrogen (secondary N) is 2. The summed E-state index contributed by atoms with van der Waals surface area (Å²) in [6.45, 7) is 4.40. The molecular weight excluding hydrogens is 381 g/mol. The summed E-state index contributed by atoms with van der Waals surface area (Å²) < 4.78 is 0. The maximum absolute atomic E-state index is 12.1. The highest BCUT2D eigenvalue weighted by molar-refractivity contribution is 5.85. The molecule has 4 nitrogen and oxygen atoms in total. The van der Waals surface area contributed by atoms with Crippen LogP contribution in [0, 0.1) is 5.92 Å². The van der Waals surface area contributed by atoms with Crippen molar-refractivity contribution in [2.45, 2.75) is 25.9 Å². The minimum atomic E-state index is 0. The van der Waals surface area contributed by atoms with Crippen molar-refractivity contribution in [3.05, 3.63) is 65.2 Å². The van der Waals surface area contributed by atoms with E-state index in [2.05, 4.69) is 64.1 Å². The summed E-state index contributed by atoms with van der Waals surface area (Å²) in [5.74, 6) is 0.303. The Kier molecular flexibility index (Phi) is 7.96. The zero-order valence-corrected chi connectivity index (χ0v) is 17.0. The van der Waals surface area contributed by atoms with Crippen molar-refractivity contribution in [3.8, 4) is 0 Å². The molecule has 1 saturated heterocycles. The van der Waals surface area contributed by atoms with Gasteiger partial charge in [0, 0.05) is 31.9 Å². The van der Waals surface area contributed by atoms with Crippen molar-refractivity contribution >= 4 is 36.4 Å². The van der Waals surface area contributed by atoms with Crippen molar-refractivity contribution in [1.82, 2.24) is 10.6 Å². The number of rotatable bonds is 5. The molecule has 146 valence electrons. The number of hydrogen-bond donors (Lipinski definition) is 2. The highest BCUT2D eigenvalue weighted by Gasteiger charge is 2.22. The second-order valence-corrected chi connectivity index (χ2v) is 7.02. The summed E-state index contributed by atoms with van der Waals surface area (Å²) in [5.41, 5.74) is 5.28. The van der Waals surface area contributed by atoms with Crippen LogP contribution in [0.1, 0.15) is 23.1 Å². The van der Waals surface area contributed by atoms with Gasteiger partial charge in [-0.15, -0.1) is 24.8 Å². The molecule has 2 aliphatic heterocycles. The highest BCUT2D eigenvalue weighted by atomic mass is 35.5. The summed E-state index contributed by atoms with van der Waals surface area (Å²) in [7, 11) is 0. The Morgan fingerprint density at radius 1 is 1.07 bits per heavy atom. The Hall–Kier alpha value is -1.75. The van der Waals surface area contributed by atoms with Gasteiger partial charge >= 0.3 is 0 Å². The quantitative estimate of drug-likeness (QED) is 0.798. The van der Waals surface area contributed by atoms with Gasteiger partial charge in [-0.25, -0.2) is 0 Å². The molecule has 1 amide bonds. The smallest absolute Gasteiger partial charge is 0.224 e. The lowest BCUT2D eigenvalue weighted by atomic mass is 10.1. The predicted octanol–water partition coefficient (Wildman–Crippen LogP) is 3.32.